The summed E-state index contributed by atoms with van der Waals surface area (Å²) in [5.41, 5.74) is 0.371. The minimum absolute atomic E-state index is 0.186. The SMILES string of the molecule is OC(COC(F)(F)C(F)F)CN(Cc1cccc(OC(F)(F)F)c1)Cc1cccc(OC(F)(F)F)c1. The van der Waals surface area contributed by atoms with E-state index in [9.17, 15) is 49.0 Å². The van der Waals surface area contributed by atoms with Gasteiger partial charge in [0.25, 0.3) is 0 Å². The van der Waals surface area contributed by atoms with Gasteiger partial charge in [-0.05, 0) is 35.4 Å². The lowest BCUT2D eigenvalue weighted by molar-refractivity contribution is -0.306. The topological polar surface area (TPSA) is 51.2 Å². The molecule has 0 saturated carbocycles. The van der Waals surface area contributed by atoms with Crippen LogP contribution in [0.1, 0.15) is 11.1 Å². The van der Waals surface area contributed by atoms with Gasteiger partial charge in [0.1, 0.15) is 11.5 Å². The number of aliphatic hydroxyl groups excluding tert-OH is 1. The highest BCUT2D eigenvalue weighted by atomic mass is 19.4. The highest BCUT2D eigenvalue weighted by Crippen LogP contribution is 2.27. The van der Waals surface area contributed by atoms with E-state index in [0.29, 0.717) is 0 Å². The first-order valence-corrected chi connectivity index (χ1v) is 9.92. The van der Waals surface area contributed by atoms with Crippen LogP contribution >= 0.6 is 0 Å². The van der Waals surface area contributed by atoms with Gasteiger partial charge < -0.3 is 19.3 Å². The molecule has 1 N–H and O–H groups in total. The first kappa shape index (κ1) is 29.5. The number of halogens is 10. The van der Waals surface area contributed by atoms with Crippen molar-refractivity contribution in [2.75, 3.05) is 13.2 Å². The Morgan fingerprint density at radius 1 is 0.750 bits per heavy atom. The summed E-state index contributed by atoms with van der Waals surface area (Å²) in [6.07, 6.45) is -20.7. The summed E-state index contributed by atoms with van der Waals surface area (Å²) in [4.78, 5) is 1.26. The van der Waals surface area contributed by atoms with E-state index in [1.54, 1.807) is 0 Å². The van der Waals surface area contributed by atoms with Gasteiger partial charge in [0.15, 0.2) is 0 Å². The van der Waals surface area contributed by atoms with Crippen LogP contribution in [-0.2, 0) is 17.8 Å². The van der Waals surface area contributed by atoms with Crippen LogP contribution in [0.3, 0.4) is 0 Å². The molecule has 2 aromatic rings. The van der Waals surface area contributed by atoms with Crippen LogP contribution in [0.4, 0.5) is 43.9 Å². The molecule has 0 fully saturated rings. The quantitative estimate of drug-likeness (QED) is 0.350. The molecule has 0 heterocycles. The number of hydrogen-bond acceptors (Lipinski definition) is 5. The zero-order valence-electron chi connectivity index (χ0n) is 18.0. The van der Waals surface area contributed by atoms with Gasteiger partial charge in [-0.25, -0.2) is 8.78 Å². The summed E-state index contributed by atoms with van der Waals surface area (Å²) in [6.45, 7) is -2.26. The third-order valence-corrected chi connectivity index (χ3v) is 4.27. The van der Waals surface area contributed by atoms with Crippen molar-refractivity contribution in [1.29, 1.82) is 0 Å². The number of rotatable bonds is 12. The van der Waals surface area contributed by atoms with Crippen LogP contribution in [0.25, 0.3) is 0 Å². The number of ether oxygens (including phenoxy) is 3. The average Bonchev–Trinajstić information content (AvgIpc) is 2.70. The van der Waals surface area contributed by atoms with E-state index in [-0.39, 0.29) is 24.2 Å². The van der Waals surface area contributed by atoms with E-state index < -0.39 is 56.0 Å². The summed E-state index contributed by atoms with van der Waals surface area (Å²) in [5.74, 6) is -1.16. The number of alkyl halides is 10. The van der Waals surface area contributed by atoms with Crippen LogP contribution in [-0.4, -0.2) is 54.5 Å². The van der Waals surface area contributed by atoms with E-state index in [1.807, 2.05) is 0 Å². The van der Waals surface area contributed by atoms with Crippen molar-refractivity contribution in [2.45, 2.75) is 44.5 Å². The zero-order chi connectivity index (χ0) is 27.1. The second kappa shape index (κ2) is 12.0. The second-order valence-corrected chi connectivity index (χ2v) is 7.39. The van der Waals surface area contributed by atoms with E-state index in [2.05, 4.69) is 14.2 Å². The molecular weight excluding hydrogens is 520 g/mol. The summed E-state index contributed by atoms with van der Waals surface area (Å²) in [7, 11) is 0. The van der Waals surface area contributed by atoms with Gasteiger partial charge >= 0.3 is 25.3 Å². The number of aliphatic hydroxyl groups is 1. The lowest BCUT2D eigenvalue weighted by Crippen LogP contribution is -2.38. The molecule has 0 radical (unpaired) electrons. The summed E-state index contributed by atoms with van der Waals surface area (Å²) in [5, 5.41) is 10.0. The molecule has 1 unspecified atom stereocenters. The van der Waals surface area contributed by atoms with Crippen LogP contribution < -0.4 is 9.47 Å². The van der Waals surface area contributed by atoms with Crippen molar-refractivity contribution >= 4 is 0 Å². The van der Waals surface area contributed by atoms with Gasteiger partial charge in [-0.1, -0.05) is 24.3 Å². The van der Waals surface area contributed by atoms with Crippen LogP contribution in [0.15, 0.2) is 48.5 Å². The van der Waals surface area contributed by atoms with E-state index >= 15 is 0 Å². The Bertz CT molecular complexity index is 907. The molecule has 0 amide bonds. The highest BCUT2D eigenvalue weighted by Gasteiger charge is 2.42. The van der Waals surface area contributed by atoms with Crippen molar-refractivity contribution in [3.63, 3.8) is 0 Å². The Morgan fingerprint density at radius 3 is 1.58 bits per heavy atom. The maximum atomic E-state index is 13.0. The van der Waals surface area contributed by atoms with E-state index in [0.717, 1.165) is 24.3 Å². The molecule has 0 saturated heterocycles. The fraction of sp³-hybridized carbons (Fsp3) is 0.429. The molecule has 0 aromatic heterocycles. The molecule has 0 aliphatic heterocycles. The fourth-order valence-electron chi connectivity index (χ4n) is 3.00. The van der Waals surface area contributed by atoms with E-state index in [1.165, 1.54) is 29.2 Å². The van der Waals surface area contributed by atoms with Crippen LogP contribution in [0.5, 0.6) is 11.5 Å². The molecule has 202 valence electrons. The third kappa shape index (κ3) is 10.9. The normalized spacial score (nSPS) is 13.8. The van der Waals surface area contributed by atoms with Crippen molar-refractivity contribution in [3.05, 3.63) is 59.7 Å². The largest absolute Gasteiger partial charge is 0.573 e. The molecular formula is C21H19F10NO4. The maximum absolute atomic E-state index is 13.0. The Balaban J connectivity index is 2.20. The first-order valence-electron chi connectivity index (χ1n) is 9.92. The van der Waals surface area contributed by atoms with Crippen molar-refractivity contribution in [3.8, 4) is 11.5 Å². The minimum Gasteiger partial charge on any atom is -0.406 e. The standard InChI is InChI=1S/C21H19F10NO4/c22-18(23)19(24,25)34-12-15(33)11-32(9-13-3-1-5-16(7-13)35-20(26,27)28)10-14-4-2-6-17(8-14)36-21(29,30)31/h1-8,15,18,33H,9-12H2. The smallest absolute Gasteiger partial charge is 0.406 e. The van der Waals surface area contributed by atoms with Gasteiger partial charge in [0.2, 0.25) is 0 Å². The number of hydrogen-bond donors (Lipinski definition) is 1. The van der Waals surface area contributed by atoms with Gasteiger partial charge in [0, 0.05) is 19.6 Å². The third-order valence-electron chi connectivity index (χ3n) is 4.27. The van der Waals surface area contributed by atoms with Gasteiger partial charge in [-0.15, -0.1) is 26.3 Å². The van der Waals surface area contributed by atoms with Crippen LogP contribution in [0, 0.1) is 0 Å². The lowest BCUT2D eigenvalue weighted by atomic mass is 10.1. The monoisotopic (exact) mass is 539 g/mol. The van der Waals surface area contributed by atoms with Crippen molar-refractivity contribution in [1.82, 2.24) is 4.90 Å². The van der Waals surface area contributed by atoms with Crippen molar-refractivity contribution < 1.29 is 63.2 Å². The molecule has 2 aromatic carbocycles. The Morgan fingerprint density at radius 2 is 1.19 bits per heavy atom. The molecule has 1 atom stereocenters. The molecule has 2 rings (SSSR count). The molecule has 15 heteroatoms. The minimum atomic E-state index is -4.99. The summed E-state index contributed by atoms with van der Waals surface area (Å²) >= 11 is 0. The number of benzene rings is 2. The molecule has 0 aliphatic rings. The summed E-state index contributed by atoms with van der Waals surface area (Å²) < 4.78 is 137. The lowest BCUT2D eigenvalue weighted by Gasteiger charge is -2.26. The van der Waals surface area contributed by atoms with Gasteiger partial charge in [0.05, 0.1) is 12.7 Å². The first-order chi connectivity index (χ1) is 16.5. The highest BCUT2D eigenvalue weighted by molar-refractivity contribution is 5.30. The van der Waals surface area contributed by atoms with Gasteiger partial charge in [-0.2, -0.15) is 8.78 Å². The Kier molecular flexibility index (Phi) is 9.79. The molecule has 5 nitrogen and oxygen atoms in total. The maximum Gasteiger partial charge on any atom is 0.573 e. The van der Waals surface area contributed by atoms with Gasteiger partial charge in [-0.3, -0.25) is 4.90 Å². The predicted molar refractivity (Wildman–Crippen MR) is 103 cm³/mol. The Hall–Kier alpha value is -2.78. The zero-order valence-corrected chi connectivity index (χ0v) is 18.0. The Labute approximate surface area is 197 Å². The second-order valence-electron chi connectivity index (χ2n) is 7.39. The molecule has 36 heavy (non-hydrogen) atoms. The van der Waals surface area contributed by atoms with Crippen LogP contribution in [0.2, 0.25) is 0 Å². The molecule has 0 spiro atoms. The van der Waals surface area contributed by atoms with E-state index in [4.69, 9.17) is 0 Å². The number of nitrogens with zero attached hydrogens (tertiary/aromatic N) is 1. The van der Waals surface area contributed by atoms with Crippen molar-refractivity contribution in [2.24, 2.45) is 0 Å². The average molecular weight is 539 g/mol. The summed E-state index contributed by atoms with van der Waals surface area (Å²) in [6, 6.07) is 9.18. The predicted octanol–water partition coefficient (Wildman–Crippen LogP) is 5.72. The molecule has 0 bridgehead atoms. The fourth-order valence-corrected chi connectivity index (χ4v) is 3.00. The molecule has 0 aliphatic carbocycles.